The molecule has 1 unspecified atom stereocenters. The number of alkyl halides is 3. The van der Waals surface area contributed by atoms with Crippen molar-refractivity contribution in [2.45, 2.75) is 18.4 Å². The summed E-state index contributed by atoms with van der Waals surface area (Å²) in [6.07, 6.45) is 0.394. The molecule has 1 atom stereocenters. The Bertz CT molecular complexity index is 557. The number of benzene rings is 2. The molecule has 0 saturated carbocycles. The molecule has 0 aromatic heterocycles. The van der Waals surface area contributed by atoms with Crippen molar-refractivity contribution in [3.8, 4) is 5.75 Å². The van der Waals surface area contributed by atoms with E-state index in [1.54, 1.807) is 30.3 Å². The number of halogens is 4. The van der Waals surface area contributed by atoms with E-state index in [1.807, 2.05) is 0 Å². The summed E-state index contributed by atoms with van der Waals surface area (Å²) in [6.45, 7) is -2.90. The molecule has 1 nitrogen and oxygen atoms in total. The van der Waals surface area contributed by atoms with Crippen LogP contribution in [0.2, 0.25) is 0 Å². The van der Waals surface area contributed by atoms with E-state index in [0.717, 1.165) is 5.56 Å². The van der Waals surface area contributed by atoms with Crippen molar-refractivity contribution in [2.75, 3.05) is 0 Å². The number of ether oxygens (including phenoxy) is 1. The Morgan fingerprint density at radius 1 is 1.00 bits per heavy atom. The summed E-state index contributed by atoms with van der Waals surface area (Å²) in [5.74, 6) is -0.272. The maximum Gasteiger partial charge on any atom is 0.387 e. The smallest absolute Gasteiger partial charge is 0.387 e. The first-order chi connectivity index (χ1) is 9.56. The van der Waals surface area contributed by atoms with Gasteiger partial charge in [0.2, 0.25) is 0 Å². The maximum atomic E-state index is 12.8. The SMILES string of the molecule is Fc1ccc(CC(Cl)c2ccccc2OC(F)F)cc1. The second-order valence-electron chi connectivity index (χ2n) is 4.21. The molecule has 0 radical (unpaired) electrons. The van der Waals surface area contributed by atoms with Crippen LogP contribution in [0.5, 0.6) is 5.75 Å². The summed E-state index contributed by atoms with van der Waals surface area (Å²) in [5.41, 5.74) is 1.30. The highest BCUT2D eigenvalue weighted by Crippen LogP contribution is 2.33. The summed E-state index contributed by atoms with van der Waals surface area (Å²) >= 11 is 6.25. The van der Waals surface area contributed by atoms with Gasteiger partial charge in [0, 0.05) is 5.56 Å². The fourth-order valence-electron chi connectivity index (χ4n) is 1.88. The highest BCUT2D eigenvalue weighted by atomic mass is 35.5. The van der Waals surface area contributed by atoms with Crippen LogP contribution in [0.15, 0.2) is 48.5 Å². The van der Waals surface area contributed by atoms with E-state index in [4.69, 9.17) is 11.6 Å². The van der Waals surface area contributed by atoms with Crippen LogP contribution in [0.3, 0.4) is 0 Å². The van der Waals surface area contributed by atoms with Gasteiger partial charge in [0.05, 0.1) is 5.38 Å². The molecule has 2 rings (SSSR count). The molecule has 20 heavy (non-hydrogen) atoms. The van der Waals surface area contributed by atoms with E-state index in [1.165, 1.54) is 18.2 Å². The predicted molar refractivity (Wildman–Crippen MR) is 71.8 cm³/mol. The van der Waals surface area contributed by atoms with Crippen molar-refractivity contribution < 1.29 is 17.9 Å². The fourth-order valence-corrected chi connectivity index (χ4v) is 2.24. The van der Waals surface area contributed by atoms with Crippen molar-refractivity contribution in [1.29, 1.82) is 0 Å². The molecule has 0 heterocycles. The van der Waals surface area contributed by atoms with E-state index >= 15 is 0 Å². The van der Waals surface area contributed by atoms with Crippen LogP contribution in [0.4, 0.5) is 13.2 Å². The lowest BCUT2D eigenvalue weighted by Crippen LogP contribution is -2.06. The minimum Gasteiger partial charge on any atom is -0.434 e. The standard InChI is InChI=1S/C15H12ClF3O/c16-13(9-10-5-7-11(17)8-6-10)12-3-1-2-4-14(12)20-15(18)19/h1-8,13,15H,9H2. The number of para-hydroxylation sites is 1. The molecular formula is C15H12ClF3O. The monoisotopic (exact) mass is 300 g/mol. The maximum absolute atomic E-state index is 12.8. The third-order valence-electron chi connectivity index (χ3n) is 2.80. The molecule has 0 N–H and O–H groups in total. The zero-order chi connectivity index (χ0) is 14.5. The van der Waals surface area contributed by atoms with E-state index in [-0.39, 0.29) is 11.6 Å². The first-order valence-electron chi connectivity index (χ1n) is 5.98. The second-order valence-corrected chi connectivity index (χ2v) is 4.74. The van der Waals surface area contributed by atoms with Gasteiger partial charge in [0.1, 0.15) is 11.6 Å². The van der Waals surface area contributed by atoms with Crippen LogP contribution < -0.4 is 4.74 Å². The van der Waals surface area contributed by atoms with Crippen LogP contribution in [-0.4, -0.2) is 6.61 Å². The van der Waals surface area contributed by atoms with Crippen molar-refractivity contribution in [3.05, 3.63) is 65.5 Å². The van der Waals surface area contributed by atoms with E-state index in [2.05, 4.69) is 4.74 Å². The Morgan fingerprint density at radius 2 is 1.65 bits per heavy atom. The lowest BCUT2D eigenvalue weighted by atomic mass is 10.0. The van der Waals surface area contributed by atoms with Gasteiger partial charge in [-0.05, 0) is 30.2 Å². The highest BCUT2D eigenvalue weighted by Gasteiger charge is 2.16. The zero-order valence-corrected chi connectivity index (χ0v) is 11.2. The second kappa shape index (κ2) is 6.66. The van der Waals surface area contributed by atoms with Crippen LogP contribution in [0.25, 0.3) is 0 Å². The van der Waals surface area contributed by atoms with Crippen LogP contribution in [0.1, 0.15) is 16.5 Å². The molecular weight excluding hydrogens is 289 g/mol. The van der Waals surface area contributed by atoms with Crippen molar-refractivity contribution in [2.24, 2.45) is 0 Å². The summed E-state index contributed by atoms with van der Waals surface area (Å²) in [5, 5.41) is -0.532. The zero-order valence-electron chi connectivity index (χ0n) is 10.4. The van der Waals surface area contributed by atoms with Gasteiger partial charge in [-0.25, -0.2) is 4.39 Å². The molecule has 0 aliphatic rings. The predicted octanol–water partition coefficient (Wildman–Crippen LogP) is 4.95. The van der Waals surface area contributed by atoms with Gasteiger partial charge in [-0.2, -0.15) is 8.78 Å². The Balaban J connectivity index is 2.16. The Hall–Kier alpha value is -1.68. The van der Waals surface area contributed by atoms with E-state index < -0.39 is 12.0 Å². The first-order valence-corrected chi connectivity index (χ1v) is 6.42. The number of rotatable bonds is 5. The molecule has 2 aromatic rings. The van der Waals surface area contributed by atoms with Crippen molar-refractivity contribution in [1.82, 2.24) is 0 Å². The normalized spacial score (nSPS) is 12.4. The largest absolute Gasteiger partial charge is 0.434 e. The highest BCUT2D eigenvalue weighted by molar-refractivity contribution is 6.21. The van der Waals surface area contributed by atoms with E-state index in [9.17, 15) is 13.2 Å². The van der Waals surface area contributed by atoms with Crippen LogP contribution in [0, 0.1) is 5.82 Å². The van der Waals surface area contributed by atoms with Crippen molar-refractivity contribution in [3.63, 3.8) is 0 Å². The molecule has 0 fully saturated rings. The molecule has 0 bridgehead atoms. The topological polar surface area (TPSA) is 9.23 Å². The summed E-state index contributed by atoms with van der Waals surface area (Å²) in [6, 6.07) is 12.3. The van der Waals surface area contributed by atoms with Crippen LogP contribution >= 0.6 is 11.6 Å². The molecule has 0 saturated heterocycles. The molecule has 0 aliphatic heterocycles. The fraction of sp³-hybridized carbons (Fsp3) is 0.200. The number of hydrogen-bond donors (Lipinski definition) is 0. The lowest BCUT2D eigenvalue weighted by Gasteiger charge is -2.15. The average molecular weight is 301 g/mol. The summed E-state index contributed by atoms with van der Waals surface area (Å²) in [4.78, 5) is 0. The summed E-state index contributed by atoms with van der Waals surface area (Å²) < 4.78 is 41.9. The first kappa shape index (κ1) is 14.7. The van der Waals surface area contributed by atoms with Gasteiger partial charge >= 0.3 is 6.61 Å². The van der Waals surface area contributed by atoms with Gasteiger partial charge in [-0.1, -0.05) is 30.3 Å². The Morgan fingerprint density at radius 3 is 2.30 bits per heavy atom. The van der Waals surface area contributed by atoms with Gasteiger partial charge in [-0.15, -0.1) is 11.6 Å². The third-order valence-corrected chi connectivity index (χ3v) is 3.19. The van der Waals surface area contributed by atoms with Gasteiger partial charge in [-0.3, -0.25) is 0 Å². The molecule has 0 aliphatic carbocycles. The summed E-state index contributed by atoms with van der Waals surface area (Å²) in [7, 11) is 0. The molecule has 0 spiro atoms. The van der Waals surface area contributed by atoms with Crippen molar-refractivity contribution >= 4 is 11.6 Å². The minimum atomic E-state index is -2.90. The van der Waals surface area contributed by atoms with Gasteiger partial charge in [0.15, 0.2) is 0 Å². The average Bonchev–Trinajstić information content (AvgIpc) is 2.41. The minimum absolute atomic E-state index is 0.0598. The Labute approximate surface area is 119 Å². The molecule has 106 valence electrons. The van der Waals surface area contributed by atoms with Gasteiger partial charge in [0.25, 0.3) is 0 Å². The molecule has 2 aromatic carbocycles. The quantitative estimate of drug-likeness (QED) is 0.710. The molecule has 5 heteroatoms. The van der Waals surface area contributed by atoms with Crippen LogP contribution in [-0.2, 0) is 6.42 Å². The lowest BCUT2D eigenvalue weighted by molar-refractivity contribution is -0.0504. The third kappa shape index (κ3) is 3.90. The Kier molecular flexibility index (Phi) is 4.90. The molecule has 0 amide bonds. The van der Waals surface area contributed by atoms with E-state index in [0.29, 0.717) is 12.0 Å². The number of hydrogen-bond acceptors (Lipinski definition) is 1. The van der Waals surface area contributed by atoms with Gasteiger partial charge < -0.3 is 4.74 Å².